The Balaban J connectivity index is 1.50. The van der Waals surface area contributed by atoms with E-state index in [2.05, 4.69) is 52.0 Å². The molecule has 2 aliphatic rings. The smallest absolute Gasteiger partial charge is 0.254 e. The molecule has 0 spiro atoms. The van der Waals surface area contributed by atoms with Gasteiger partial charge in [-0.1, -0.05) is 37.3 Å². The van der Waals surface area contributed by atoms with Crippen molar-refractivity contribution in [2.75, 3.05) is 26.2 Å². The molecular formula is C23H25N3OS. The second-order valence-electron chi connectivity index (χ2n) is 8.00. The van der Waals surface area contributed by atoms with Crippen LogP contribution in [-0.2, 0) is 0 Å². The number of carbonyl (C=O) groups is 1. The lowest BCUT2D eigenvalue weighted by Crippen LogP contribution is -2.35. The fourth-order valence-electron chi connectivity index (χ4n) is 5.02. The average molecular weight is 392 g/mol. The molecule has 5 rings (SSSR count). The van der Waals surface area contributed by atoms with Crippen LogP contribution in [0.1, 0.15) is 33.9 Å². The molecule has 5 heteroatoms. The molecule has 3 heterocycles. The molecule has 1 amide bonds. The van der Waals surface area contributed by atoms with Crippen molar-refractivity contribution in [2.45, 2.75) is 19.9 Å². The van der Waals surface area contributed by atoms with Gasteiger partial charge in [-0.25, -0.2) is 4.98 Å². The van der Waals surface area contributed by atoms with E-state index in [1.54, 1.807) is 11.3 Å². The van der Waals surface area contributed by atoms with Crippen molar-refractivity contribution in [1.82, 2.24) is 14.8 Å². The highest BCUT2D eigenvalue weighted by Gasteiger charge is 2.48. The third kappa shape index (κ3) is 2.93. The van der Waals surface area contributed by atoms with Crippen LogP contribution in [0.3, 0.4) is 0 Å². The number of amides is 1. The number of thiazole rings is 1. The molecule has 0 aliphatic carbocycles. The van der Waals surface area contributed by atoms with Gasteiger partial charge in [0, 0.05) is 31.1 Å². The van der Waals surface area contributed by atoms with Gasteiger partial charge in [-0.15, -0.1) is 11.3 Å². The predicted octanol–water partition coefficient (Wildman–Crippen LogP) is 4.37. The Hall–Kier alpha value is -2.24. The van der Waals surface area contributed by atoms with Gasteiger partial charge in [-0.3, -0.25) is 4.79 Å². The van der Waals surface area contributed by atoms with Gasteiger partial charge >= 0.3 is 0 Å². The van der Waals surface area contributed by atoms with Gasteiger partial charge in [0.25, 0.3) is 5.91 Å². The lowest BCUT2D eigenvalue weighted by Gasteiger charge is -2.30. The topological polar surface area (TPSA) is 36.4 Å². The fourth-order valence-corrected chi connectivity index (χ4v) is 5.89. The summed E-state index contributed by atoms with van der Waals surface area (Å²) in [5.74, 6) is 1.23. The summed E-state index contributed by atoms with van der Waals surface area (Å²) < 4.78 is 1.09. The van der Waals surface area contributed by atoms with Crippen LogP contribution in [0.15, 0.2) is 48.5 Å². The van der Waals surface area contributed by atoms with E-state index >= 15 is 0 Å². The average Bonchev–Trinajstić information content (AvgIpc) is 3.38. The number of aryl methyl sites for hydroxylation is 1. The number of benzene rings is 2. The van der Waals surface area contributed by atoms with Crippen LogP contribution in [-0.4, -0.2) is 46.9 Å². The van der Waals surface area contributed by atoms with Crippen LogP contribution < -0.4 is 0 Å². The maximum Gasteiger partial charge on any atom is 0.254 e. The number of fused-ring (bicyclic) bond motifs is 2. The van der Waals surface area contributed by atoms with Crippen LogP contribution in [0.4, 0.5) is 0 Å². The Morgan fingerprint density at radius 2 is 1.96 bits per heavy atom. The molecule has 0 radical (unpaired) electrons. The van der Waals surface area contributed by atoms with Gasteiger partial charge in [0.05, 0.1) is 21.3 Å². The number of nitrogens with zero attached hydrogens (tertiary/aromatic N) is 3. The Labute approximate surface area is 169 Å². The van der Waals surface area contributed by atoms with Crippen molar-refractivity contribution in [1.29, 1.82) is 0 Å². The number of aromatic nitrogens is 1. The first-order valence-electron chi connectivity index (χ1n) is 10.1. The molecule has 0 unspecified atom stereocenters. The monoisotopic (exact) mass is 391 g/mol. The lowest BCUT2D eigenvalue weighted by molar-refractivity contribution is 0.0702. The number of rotatable bonds is 3. The van der Waals surface area contributed by atoms with Crippen LogP contribution in [0.25, 0.3) is 10.2 Å². The molecule has 3 atom stereocenters. The van der Waals surface area contributed by atoms with Gasteiger partial charge < -0.3 is 9.80 Å². The SMILES string of the molecule is CCN1C[C@H]2CN(C(=O)c3ccc4nc(C)sc4c3)[C@@H](c3ccccc3)[C@H]2C1. The molecule has 28 heavy (non-hydrogen) atoms. The van der Waals surface area contributed by atoms with Crippen molar-refractivity contribution in [3.8, 4) is 0 Å². The fraction of sp³-hybridized carbons (Fsp3) is 0.391. The standard InChI is InChI=1S/C23H25N3OS/c1-3-25-12-18-13-26(22(19(18)14-25)16-7-5-4-6-8-16)23(27)17-9-10-20-21(11-17)28-15(2)24-20/h4-11,18-19,22H,3,12-14H2,1-2H3/t18-,19-,22-/m0/s1. The normalized spacial score (nSPS) is 24.8. The third-order valence-corrected chi connectivity index (χ3v) is 7.26. The Morgan fingerprint density at radius 1 is 1.14 bits per heavy atom. The van der Waals surface area contributed by atoms with E-state index in [4.69, 9.17) is 0 Å². The molecular weight excluding hydrogens is 366 g/mol. The van der Waals surface area contributed by atoms with Crippen molar-refractivity contribution in [3.05, 3.63) is 64.7 Å². The molecule has 2 aliphatic heterocycles. The molecule has 0 N–H and O–H groups in total. The number of carbonyl (C=O) groups excluding carboxylic acids is 1. The van der Waals surface area contributed by atoms with E-state index in [0.717, 1.165) is 47.0 Å². The van der Waals surface area contributed by atoms with Gasteiger partial charge in [0.15, 0.2) is 0 Å². The second-order valence-corrected chi connectivity index (χ2v) is 9.24. The second kappa shape index (κ2) is 6.98. The molecule has 2 fully saturated rings. The van der Waals surface area contributed by atoms with Crippen molar-refractivity contribution >= 4 is 27.5 Å². The Bertz CT molecular complexity index is 1020. The van der Waals surface area contributed by atoms with Gasteiger partial charge in [0.2, 0.25) is 0 Å². The van der Waals surface area contributed by atoms with Crippen molar-refractivity contribution in [2.24, 2.45) is 11.8 Å². The summed E-state index contributed by atoms with van der Waals surface area (Å²) in [5.41, 5.74) is 3.02. The van der Waals surface area contributed by atoms with E-state index < -0.39 is 0 Å². The van der Waals surface area contributed by atoms with Gasteiger partial charge in [-0.2, -0.15) is 0 Å². The molecule has 2 aromatic carbocycles. The predicted molar refractivity (Wildman–Crippen MR) is 114 cm³/mol. The molecule has 2 saturated heterocycles. The molecule has 4 nitrogen and oxygen atoms in total. The molecule has 3 aromatic rings. The first kappa shape index (κ1) is 17.8. The van der Waals surface area contributed by atoms with E-state index in [9.17, 15) is 4.79 Å². The highest BCUT2D eigenvalue weighted by atomic mass is 32.1. The van der Waals surface area contributed by atoms with E-state index in [1.165, 1.54) is 5.56 Å². The van der Waals surface area contributed by atoms with Crippen molar-refractivity contribution < 1.29 is 4.79 Å². The zero-order chi connectivity index (χ0) is 19.3. The van der Waals surface area contributed by atoms with Gasteiger partial charge in [0.1, 0.15) is 0 Å². The number of hydrogen-bond acceptors (Lipinski definition) is 4. The summed E-state index contributed by atoms with van der Waals surface area (Å²) in [6, 6.07) is 16.7. The molecule has 0 saturated carbocycles. The van der Waals surface area contributed by atoms with Crippen LogP contribution in [0, 0.1) is 18.8 Å². The number of likely N-dealkylation sites (tertiary alicyclic amines) is 2. The largest absolute Gasteiger partial charge is 0.331 e. The first-order valence-corrected chi connectivity index (χ1v) is 10.9. The van der Waals surface area contributed by atoms with Crippen molar-refractivity contribution in [3.63, 3.8) is 0 Å². The van der Waals surface area contributed by atoms with Crippen LogP contribution in [0.5, 0.6) is 0 Å². The summed E-state index contributed by atoms with van der Waals surface area (Å²) >= 11 is 1.65. The van der Waals surface area contributed by atoms with Crippen LogP contribution in [0.2, 0.25) is 0 Å². The minimum absolute atomic E-state index is 0.152. The van der Waals surface area contributed by atoms with Gasteiger partial charge in [-0.05, 0) is 43.1 Å². The quantitative estimate of drug-likeness (QED) is 0.665. The number of hydrogen-bond donors (Lipinski definition) is 0. The Kier molecular flexibility index (Phi) is 4.44. The third-order valence-electron chi connectivity index (χ3n) is 6.33. The minimum Gasteiger partial charge on any atom is -0.331 e. The summed E-state index contributed by atoms with van der Waals surface area (Å²) in [5, 5.41) is 1.04. The highest BCUT2D eigenvalue weighted by molar-refractivity contribution is 7.18. The zero-order valence-electron chi connectivity index (χ0n) is 16.3. The van der Waals surface area contributed by atoms with E-state index in [0.29, 0.717) is 11.8 Å². The van der Waals surface area contributed by atoms with Crippen LogP contribution >= 0.6 is 11.3 Å². The summed E-state index contributed by atoms with van der Waals surface area (Å²) in [4.78, 5) is 22.7. The minimum atomic E-state index is 0.152. The Morgan fingerprint density at radius 3 is 2.75 bits per heavy atom. The molecule has 0 bridgehead atoms. The maximum absolute atomic E-state index is 13.6. The summed E-state index contributed by atoms with van der Waals surface area (Å²) in [6.07, 6.45) is 0. The first-order chi connectivity index (χ1) is 13.6. The lowest BCUT2D eigenvalue weighted by atomic mass is 9.89. The summed E-state index contributed by atoms with van der Waals surface area (Å²) in [7, 11) is 0. The molecule has 144 valence electrons. The zero-order valence-corrected chi connectivity index (χ0v) is 17.2. The highest BCUT2D eigenvalue weighted by Crippen LogP contribution is 2.45. The van der Waals surface area contributed by atoms with E-state index in [1.807, 2.05) is 25.1 Å². The van der Waals surface area contributed by atoms with E-state index in [-0.39, 0.29) is 11.9 Å². The summed E-state index contributed by atoms with van der Waals surface area (Å²) in [6.45, 7) is 8.36. The maximum atomic E-state index is 13.6. The molecule has 1 aromatic heterocycles.